The molecule has 0 aliphatic carbocycles. The van der Waals surface area contributed by atoms with Gasteiger partial charge < -0.3 is 4.74 Å². The van der Waals surface area contributed by atoms with E-state index in [1.54, 1.807) is 0 Å². The Bertz CT molecular complexity index is 82.6. The normalized spacial score (nSPS) is 36.0. The standard InChI is InChI=1S/C6H13NO/c1-4(2)8-6-5(3)7-6/h4-7H,1-3H3. The van der Waals surface area contributed by atoms with Crippen molar-refractivity contribution in [3.05, 3.63) is 0 Å². The average Bonchev–Trinajstić information content (AvgIpc) is 2.17. The zero-order valence-electron chi connectivity index (χ0n) is 5.64. The van der Waals surface area contributed by atoms with Gasteiger partial charge in [-0.05, 0) is 20.8 Å². The predicted molar refractivity (Wildman–Crippen MR) is 32.6 cm³/mol. The van der Waals surface area contributed by atoms with Crippen LogP contribution >= 0.6 is 0 Å². The maximum Gasteiger partial charge on any atom is 0.124 e. The van der Waals surface area contributed by atoms with Crippen molar-refractivity contribution >= 4 is 0 Å². The third kappa shape index (κ3) is 1.46. The van der Waals surface area contributed by atoms with E-state index >= 15 is 0 Å². The Kier molecular flexibility index (Phi) is 1.54. The number of rotatable bonds is 2. The van der Waals surface area contributed by atoms with Gasteiger partial charge in [-0.25, -0.2) is 0 Å². The molecule has 2 unspecified atom stereocenters. The topological polar surface area (TPSA) is 31.2 Å². The smallest absolute Gasteiger partial charge is 0.124 e. The fourth-order valence-corrected chi connectivity index (χ4v) is 0.654. The van der Waals surface area contributed by atoms with Crippen LogP contribution in [-0.2, 0) is 4.74 Å². The molecule has 2 heteroatoms. The summed E-state index contributed by atoms with van der Waals surface area (Å²) in [4.78, 5) is 0. The minimum Gasteiger partial charge on any atom is -0.359 e. The Morgan fingerprint density at radius 3 is 2.12 bits per heavy atom. The van der Waals surface area contributed by atoms with Crippen LogP contribution < -0.4 is 5.32 Å². The summed E-state index contributed by atoms with van der Waals surface area (Å²) in [5, 5.41) is 3.14. The summed E-state index contributed by atoms with van der Waals surface area (Å²) < 4.78 is 5.36. The molecule has 0 spiro atoms. The number of hydrogen-bond acceptors (Lipinski definition) is 2. The van der Waals surface area contributed by atoms with Crippen LogP contribution in [0.5, 0.6) is 0 Å². The Balaban J connectivity index is 2.05. The molecule has 48 valence electrons. The highest BCUT2D eigenvalue weighted by atomic mass is 16.5. The maximum atomic E-state index is 5.36. The summed E-state index contributed by atoms with van der Waals surface area (Å²) in [5.74, 6) is 0. The summed E-state index contributed by atoms with van der Waals surface area (Å²) in [6, 6.07) is 0.581. The van der Waals surface area contributed by atoms with Gasteiger partial charge in [0.25, 0.3) is 0 Å². The molecule has 2 nitrogen and oxygen atoms in total. The van der Waals surface area contributed by atoms with Gasteiger partial charge in [0.2, 0.25) is 0 Å². The van der Waals surface area contributed by atoms with Gasteiger partial charge in [0, 0.05) is 6.04 Å². The molecule has 1 aliphatic heterocycles. The van der Waals surface area contributed by atoms with Crippen LogP contribution in [0.1, 0.15) is 20.8 Å². The highest BCUT2D eigenvalue weighted by Crippen LogP contribution is 2.12. The third-order valence-corrected chi connectivity index (χ3v) is 1.19. The van der Waals surface area contributed by atoms with Crippen LogP contribution in [0, 0.1) is 0 Å². The SMILES string of the molecule is CC(C)OC1NC1C. The van der Waals surface area contributed by atoms with E-state index in [4.69, 9.17) is 4.74 Å². The lowest BCUT2D eigenvalue weighted by Gasteiger charge is -2.02. The van der Waals surface area contributed by atoms with Gasteiger partial charge >= 0.3 is 0 Å². The van der Waals surface area contributed by atoms with Crippen molar-refractivity contribution in [3.8, 4) is 0 Å². The molecule has 0 bridgehead atoms. The van der Waals surface area contributed by atoms with E-state index in [9.17, 15) is 0 Å². The van der Waals surface area contributed by atoms with E-state index in [1.165, 1.54) is 0 Å². The minimum atomic E-state index is 0.343. The van der Waals surface area contributed by atoms with Gasteiger partial charge in [0.05, 0.1) is 6.10 Å². The van der Waals surface area contributed by atoms with Crippen molar-refractivity contribution in [1.82, 2.24) is 5.32 Å². The summed E-state index contributed by atoms with van der Waals surface area (Å²) in [7, 11) is 0. The van der Waals surface area contributed by atoms with E-state index < -0.39 is 0 Å². The van der Waals surface area contributed by atoms with E-state index in [2.05, 4.69) is 12.2 Å². The summed E-state index contributed by atoms with van der Waals surface area (Å²) in [6.45, 7) is 6.21. The van der Waals surface area contributed by atoms with Gasteiger partial charge in [-0.3, -0.25) is 5.32 Å². The highest BCUT2D eigenvalue weighted by molar-refractivity contribution is 4.86. The van der Waals surface area contributed by atoms with Gasteiger partial charge in [0.1, 0.15) is 6.23 Å². The van der Waals surface area contributed by atoms with E-state index in [1.807, 2.05) is 13.8 Å². The van der Waals surface area contributed by atoms with Crippen molar-refractivity contribution in [2.24, 2.45) is 0 Å². The molecule has 1 saturated heterocycles. The van der Waals surface area contributed by atoms with Crippen molar-refractivity contribution < 1.29 is 4.74 Å². The van der Waals surface area contributed by atoms with E-state index in [-0.39, 0.29) is 0 Å². The number of nitrogens with one attached hydrogen (secondary N) is 1. The Morgan fingerprint density at radius 2 is 2.00 bits per heavy atom. The third-order valence-electron chi connectivity index (χ3n) is 1.19. The lowest BCUT2D eigenvalue weighted by atomic mass is 10.4. The van der Waals surface area contributed by atoms with Crippen molar-refractivity contribution in [2.45, 2.75) is 39.1 Å². The fraction of sp³-hybridized carbons (Fsp3) is 1.00. The molecule has 0 aromatic carbocycles. The van der Waals surface area contributed by atoms with Crippen LogP contribution in [0.25, 0.3) is 0 Å². The molecule has 1 rings (SSSR count). The second kappa shape index (κ2) is 2.03. The van der Waals surface area contributed by atoms with Crippen molar-refractivity contribution in [1.29, 1.82) is 0 Å². The molecule has 1 N–H and O–H groups in total. The van der Waals surface area contributed by atoms with Crippen LogP contribution in [-0.4, -0.2) is 18.4 Å². The lowest BCUT2D eigenvalue weighted by molar-refractivity contribution is 0.0583. The number of ether oxygens (including phenoxy) is 1. The molecule has 1 heterocycles. The van der Waals surface area contributed by atoms with Gasteiger partial charge in [-0.2, -0.15) is 0 Å². The zero-order valence-corrected chi connectivity index (χ0v) is 5.64. The largest absolute Gasteiger partial charge is 0.359 e. The quantitative estimate of drug-likeness (QED) is 0.538. The van der Waals surface area contributed by atoms with Crippen LogP contribution in [0.2, 0.25) is 0 Å². The molecule has 8 heavy (non-hydrogen) atoms. The first kappa shape index (κ1) is 6.05. The molecule has 0 saturated carbocycles. The average molecular weight is 115 g/mol. The highest BCUT2D eigenvalue weighted by Gasteiger charge is 2.32. The number of hydrogen-bond donors (Lipinski definition) is 1. The zero-order chi connectivity index (χ0) is 6.15. The molecular formula is C6H13NO. The van der Waals surface area contributed by atoms with Crippen LogP contribution in [0.15, 0.2) is 0 Å². The molecular weight excluding hydrogens is 102 g/mol. The van der Waals surface area contributed by atoms with Gasteiger partial charge in [-0.1, -0.05) is 0 Å². The molecule has 2 atom stereocenters. The summed E-state index contributed by atoms with van der Waals surface area (Å²) >= 11 is 0. The molecule has 0 aromatic rings. The summed E-state index contributed by atoms with van der Waals surface area (Å²) in [6.07, 6.45) is 0.701. The molecule has 0 radical (unpaired) electrons. The summed E-state index contributed by atoms with van der Waals surface area (Å²) in [5.41, 5.74) is 0. The maximum absolute atomic E-state index is 5.36. The Hall–Kier alpha value is -0.0800. The van der Waals surface area contributed by atoms with Crippen LogP contribution in [0.3, 0.4) is 0 Å². The minimum absolute atomic E-state index is 0.343. The Morgan fingerprint density at radius 1 is 1.50 bits per heavy atom. The first-order valence-electron chi connectivity index (χ1n) is 3.11. The van der Waals surface area contributed by atoms with Crippen molar-refractivity contribution in [2.75, 3.05) is 0 Å². The second-order valence-electron chi connectivity index (χ2n) is 2.56. The fourth-order valence-electron chi connectivity index (χ4n) is 0.654. The van der Waals surface area contributed by atoms with Gasteiger partial charge in [-0.15, -0.1) is 0 Å². The molecule has 0 aromatic heterocycles. The molecule has 1 aliphatic rings. The lowest BCUT2D eigenvalue weighted by Crippen LogP contribution is -2.07. The van der Waals surface area contributed by atoms with E-state index in [0.29, 0.717) is 18.4 Å². The predicted octanol–water partition coefficient (Wildman–Crippen LogP) is 0.729. The molecule has 1 fully saturated rings. The Labute approximate surface area is 50.2 Å². The van der Waals surface area contributed by atoms with Crippen molar-refractivity contribution in [3.63, 3.8) is 0 Å². The van der Waals surface area contributed by atoms with Gasteiger partial charge in [0.15, 0.2) is 0 Å². The second-order valence-corrected chi connectivity index (χ2v) is 2.56. The van der Waals surface area contributed by atoms with Crippen LogP contribution in [0.4, 0.5) is 0 Å². The van der Waals surface area contributed by atoms with E-state index in [0.717, 1.165) is 0 Å². The first-order chi connectivity index (χ1) is 3.70. The first-order valence-corrected chi connectivity index (χ1v) is 3.11. The monoisotopic (exact) mass is 115 g/mol. The molecule has 0 amide bonds.